The van der Waals surface area contributed by atoms with Crippen LogP contribution in [0.4, 0.5) is 0 Å². The lowest BCUT2D eigenvalue weighted by Gasteiger charge is -2.14. The van der Waals surface area contributed by atoms with Gasteiger partial charge in [-0.1, -0.05) is 48.5 Å². The van der Waals surface area contributed by atoms with Gasteiger partial charge in [0.15, 0.2) is 0 Å². The van der Waals surface area contributed by atoms with E-state index in [0.29, 0.717) is 31.5 Å². The predicted molar refractivity (Wildman–Crippen MR) is 144 cm³/mol. The van der Waals surface area contributed by atoms with E-state index in [0.717, 1.165) is 26.9 Å². The Morgan fingerprint density at radius 3 is 2.00 bits per heavy atom. The third kappa shape index (κ3) is 4.79. The zero-order valence-electron chi connectivity index (χ0n) is 20.1. The van der Waals surface area contributed by atoms with Crippen LogP contribution in [0.1, 0.15) is 44.2 Å². The van der Waals surface area contributed by atoms with Crippen molar-refractivity contribution in [2.24, 2.45) is 11.5 Å². The summed E-state index contributed by atoms with van der Waals surface area (Å²) in [6.07, 6.45) is 1.37. The summed E-state index contributed by atoms with van der Waals surface area (Å²) >= 11 is 0. The van der Waals surface area contributed by atoms with Crippen molar-refractivity contribution in [3.05, 3.63) is 83.7 Å². The highest BCUT2D eigenvalue weighted by atomic mass is 16.2. The van der Waals surface area contributed by atoms with Crippen molar-refractivity contribution in [3.8, 4) is 0 Å². The quantitative estimate of drug-likeness (QED) is 0.0829. The van der Waals surface area contributed by atoms with Crippen molar-refractivity contribution in [1.82, 2.24) is 15.6 Å². The Morgan fingerprint density at radius 2 is 1.30 bits per heavy atom. The number of benzene rings is 4. The summed E-state index contributed by atoms with van der Waals surface area (Å²) in [6, 6.07) is 21.4. The smallest absolute Gasteiger partial charge is 0.346 e. The Morgan fingerprint density at radius 1 is 0.703 bits per heavy atom. The van der Waals surface area contributed by atoms with Crippen molar-refractivity contribution < 1.29 is 19.4 Å². The molecule has 0 atom stereocenters. The maximum atomic E-state index is 13.0. The number of carbonyl (C=O) groups is 3. The first-order valence-corrected chi connectivity index (χ1v) is 12.0. The number of aromatic amines is 1. The van der Waals surface area contributed by atoms with Crippen LogP contribution >= 0.6 is 0 Å². The lowest BCUT2D eigenvalue weighted by atomic mass is 9.92. The molecule has 0 saturated carbocycles. The number of rotatable bonds is 8. The fourth-order valence-electron chi connectivity index (χ4n) is 4.64. The fourth-order valence-corrected chi connectivity index (χ4v) is 4.64. The van der Waals surface area contributed by atoms with Crippen LogP contribution in [0.3, 0.4) is 0 Å². The number of nitrogens with two attached hydrogens (primary N) is 2. The van der Waals surface area contributed by atoms with Gasteiger partial charge in [-0.15, -0.1) is 0 Å². The topological polar surface area (TPSA) is 157 Å². The highest BCUT2D eigenvalue weighted by molar-refractivity contribution is 6.26. The molecule has 5 rings (SSSR count). The molecule has 8 N–H and O–H groups in total. The van der Waals surface area contributed by atoms with E-state index in [2.05, 4.69) is 50.9 Å². The molecule has 0 unspecified atom stereocenters. The van der Waals surface area contributed by atoms with Gasteiger partial charge >= 0.3 is 11.9 Å². The minimum atomic E-state index is -0.528. The Balaban J connectivity index is 1.14. The number of guanidine groups is 1. The monoisotopic (exact) mass is 495 g/mol. The van der Waals surface area contributed by atoms with Gasteiger partial charge < -0.3 is 15.6 Å². The normalized spacial score (nSPS) is 11.1. The molecule has 9 nitrogen and oxygen atoms in total. The summed E-state index contributed by atoms with van der Waals surface area (Å²) in [4.78, 5) is 42.1. The number of carbonyl (C=O) groups excluding carboxylic acids is 3. The third-order valence-electron chi connectivity index (χ3n) is 6.38. The van der Waals surface area contributed by atoms with E-state index in [-0.39, 0.29) is 29.2 Å². The molecule has 0 spiro atoms. The van der Waals surface area contributed by atoms with Crippen LogP contribution in [-0.2, 0) is 0 Å². The maximum absolute atomic E-state index is 13.0. The van der Waals surface area contributed by atoms with Crippen molar-refractivity contribution >= 4 is 56.0 Å². The van der Waals surface area contributed by atoms with Crippen LogP contribution in [0, 0.1) is 0 Å². The van der Waals surface area contributed by atoms with Crippen molar-refractivity contribution in [2.45, 2.75) is 12.8 Å². The maximum Gasteiger partial charge on any atom is 0.346 e. The SMILES string of the molecule is NC(N)=[NH+]C(=O)c1ccc(C(=O)NCCCCNC(=O)c2ccc3ccc4cccc5ccc2c3c45)[nH]1. The molecule has 186 valence electrons. The molecule has 0 aliphatic carbocycles. The van der Waals surface area contributed by atoms with Crippen molar-refractivity contribution in [3.63, 3.8) is 0 Å². The summed E-state index contributed by atoms with van der Waals surface area (Å²) in [5, 5.41) is 12.5. The van der Waals surface area contributed by atoms with Crippen LogP contribution in [0.25, 0.3) is 32.3 Å². The van der Waals surface area contributed by atoms with E-state index in [9.17, 15) is 14.4 Å². The van der Waals surface area contributed by atoms with Gasteiger partial charge in [-0.3, -0.25) is 21.1 Å². The van der Waals surface area contributed by atoms with Crippen LogP contribution in [0.2, 0.25) is 0 Å². The molecule has 1 aromatic heterocycles. The molecule has 0 saturated heterocycles. The second-order valence-corrected chi connectivity index (χ2v) is 8.88. The number of nitrogens with one attached hydrogen (secondary N) is 4. The number of aromatic nitrogens is 1. The van der Waals surface area contributed by atoms with E-state index < -0.39 is 5.91 Å². The molecule has 0 fully saturated rings. The van der Waals surface area contributed by atoms with Gasteiger partial charge in [0.05, 0.1) is 0 Å². The van der Waals surface area contributed by atoms with Gasteiger partial charge in [-0.05, 0) is 63.4 Å². The average Bonchev–Trinajstić information content (AvgIpc) is 3.39. The zero-order chi connectivity index (χ0) is 25.9. The zero-order valence-corrected chi connectivity index (χ0v) is 20.1. The van der Waals surface area contributed by atoms with E-state index in [1.54, 1.807) is 0 Å². The predicted octanol–water partition coefficient (Wildman–Crippen LogP) is 1.35. The van der Waals surface area contributed by atoms with Gasteiger partial charge in [0.2, 0.25) is 0 Å². The molecule has 3 amide bonds. The Hall–Kier alpha value is -4.92. The average molecular weight is 496 g/mol. The highest BCUT2D eigenvalue weighted by Crippen LogP contribution is 2.35. The molecule has 0 aliphatic heterocycles. The van der Waals surface area contributed by atoms with Crippen LogP contribution in [-0.4, -0.2) is 41.8 Å². The van der Waals surface area contributed by atoms with E-state index in [4.69, 9.17) is 11.5 Å². The largest absolute Gasteiger partial charge is 0.352 e. The summed E-state index contributed by atoms with van der Waals surface area (Å²) < 4.78 is 0. The number of hydrogen-bond acceptors (Lipinski definition) is 3. The van der Waals surface area contributed by atoms with Gasteiger partial charge in [-0.25, -0.2) is 9.79 Å². The fraction of sp³-hybridized carbons (Fsp3) is 0.143. The minimum Gasteiger partial charge on any atom is -0.352 e. The first kappa shape index (κ1) is 23.8. The lowest BCUT2D eigenvalue weighted by Crippen LogP contribution is -2.81. The first-order chi connectivity index (χ1) is 17.9. The number of amides is 3. The van der Waals surface area contributed by atoms with E-state index >= 15 is 0 Å². The Bertz CT molecular complexity index is 1650. The number of unbranched alkanes of at least 4 members (excludes halogenated alkanes) is 1. The lowest BCUT2D eigenvalue weighted by molar-refractivity contribution is -0.347. The van der Waals surface area contributed by atoms with Crippen molar-refractivity contribution in [1.29, 1.82) is 0 Å². The standard InChI is InChI=1S/C28H26N6O3/c29-28(30)34-27(37)22-13-12-21(33-22)26(36)32-15-2-1-14-31-25(35)20-11-9-18-7-6-16-4-3-5-17-8-10-19(20)24(18)23(16)17/h3-13,33H,1-2,14-15H2,(H,31,35)(H,32,36)(H4,29,30,34,37)/p+1. The second-order valence-electron chi connectivity index (χ2n) is 8.88. The first-order valence-electron chi connectivity index (χ1n) is 12.0. The van der Waals surface area contributed by atoms with Crippen LogP contribution < -0.4 is 27.1 Å². The molecule has 4 aromatic carbocycles. The Kier molecular flexibility index (Phi) is 6.42. The van der Waals surface area contributed by atoms with Crippen LogP contribution in [0.5, 0.6) is 0 Å². The van der Waals surface area contributed by atoms with Gasteiger partial charge in [0.1, 0.15) is 11.4 Å². The van der Waals surface area contributed by atoms with Gasteiger partial charge in [-0.2, -0.15) is 0 Å². The Labute approximate surface area is 212 Å². The minimum absolute atomic E-state index is 0.116. The summed E-state index contributed by atoms with van der Waals surface area (Å²) in [5.74, 6) is -1.20. The highest BCUT2D eigenvalue weighted by Gasteiger charge is 2.15. The molecule has 5 aromatic rings. The molecule has 9 heteroatoms. The number of hydrogen-bond donors (Lipinski definition) is 6. The molecule has 1 heterocycles. The molecule has 37 heavy (non-hydrogen) atoms. The molecular formula is C28H27N6O3+. The summed E-state index contributed by atoms with van der Waals surface area (Å²) in [7, 11) is 0. The van der Waals surface area contributed by atoms with Gasteiger partial charge in [0.25, 0.3) is 11.8 Å². The molecule has 0 radical (unpaired) electrons. The van der Waals surface area contributed by atoms with Gasteiger partial charge in [0, 0.05) is 18.7 Å². The van der Waals surface area contributed by atoms with E-state index in [1.165, 1.54) is 17.5 Å². The second kappa shape index (κ2) is 9.98. The third-order valence-corrected chi connectivity index (χ3v) is 6.38. The number of H-pyrrole nitrogens is 1. The van der Waals surface area contributed by atoms with Crippen molar-refractivity contribution in [2.75, 3.05) is 13.1 Å². The molecule has 0 aliphatic rings. The van der Waals surface area contributed by atoms with E-state index in [1.807, 2.05) is 24.3 Å². The summed E-state index contributed by atoms with van der Waals surface area (Å²) in [6.45, 7) is 0.915. The van der Waals surface area contributed by atoms with Crippen LogP contribution in [0.15, 0.2) is 66.7 Å². The molecular weight excluding hydrogens is 468 g/mol. The molecule has 0 bridgehead atoms. The summed E-state index contributed by atoms with van der Waals surface area (Å²) in [5.41, 5.74) is 11.6.